The monoisotopic (exact) mass is 363 g/mol. The van der Waals surface area contributed by atoms with Crippen molar-refractivity contribution in [2.75, 3.05) is 24.6 Å². The zero-order valence-electron chi connectivity index (χ0n) is 11.9. The second-order valence-corrected chi connectivity index (χ2v) is 9.22. The van der Waals surface area contributed by atoms with Crippen molar-refractivity contribution in [1.82, 2.24) is 9.97 Å². The van der Waals surface area contributed by atoms with Crippen molar-refractivity contribution in [2.24, 2.45) is 0 Å². The summed E-state index contributed by atoms with van der Waals surface area (Å²) in [7, 11) is -7.34. The number of nitrogens with one attached hydrogen (secondary N) is 1. The first-order valence-corrected chi connectivity index (χ1v) is 10.0. The van der Waals surface area contributed by atoms with Gasteiger partial charge in [0.2, 0.25) is 7.37 Å². The first kappa shape index (κ1) is 17.7. The summed E-state index contributed by atoms with van der Waals surface area (Å²) in [5.74, 6) is -0.945. The van der Waals surface area contributed by atoms with Crippen LogP contribution in [0.1, 0.15) is 0 Å². The van der Waals surface area contributed by atoms with Crippen molar-refractivity contribution in [1.29, 1.82) is 0 Å². The van der Waals surface area contributed by atoms with Crippen molar-refractivity contribution < 1.29 is 33.7 Å². The van der Waals surface area contributed by atoms with Gasteiger partial charge in [-0.25, -0.2) is 9.97 Å². The second kappa shape index (κ2) is 6.43. The lowest BCUT2D eigenvalue weighted by molar-refractivity contribution is 0.374. The van der Waals surface area contributed by atoms with E-state index in [-0.39, 0.29) is 17.3 Å². The van der Waals surface area contributed by atoms with Crippen LogP contribution in [0.5, 0.6) is 11.5 Å². The van der Waals surface area contributed by atoms with Crippen LogP contribution < -0.4 is 10.1 Å². The first-order valence-electron chi connectivity index (χ1n) is 6.22. The lowest BCUT2D eigenvalue weighted by atomic mass is 10.2. The van der Waals surface area contributed by atoms with Crippen molar-refractivity contribution >= 4 is 31.7 Å². The molecule has 0 bridgehead atoms. The number of phenols is 1. The van der Waals surface area contributed by atoms with Crippen molar-refractivity contribution in [3.05, 3.63) is 18.5 Å². The minimum Gasteiger partial charge on any atom is -0.504 e. The van der Waals surface area contributed by atoms with E-state index in [1.807, 2.05) is 0 Å². The van der Waals surface area contributed by atoms with Gasteiger partial charge in [-0.05, 0) is 6.07 Å². The minimum atomic E-state index is -4.62. The van der Waals surface area contributed by atoms with E-state index in [0.29, 0.717) is 10.9 Å². The quantitative estimate of drug-likeness (QED) is 0.470. The number of fused-ring (bicyclic) bond motifs is 1. The van der Waals surface area contributed by atoms with Gasteiger partial charge in [0.05, 0.1) is 18.9 Å². The van der Waals surface area contributed by atoms with Crippen LogP contribution in [0.4, 0.5) is 5.82 Å². The molecule has 1 aromatic carbocycles. The molecule has 12 heteroatoms. The zero-order chi connectivity index (χ0) is 17.3. The highest BCUT2D eigenvalue weighted by atomic mass is 31.2. The fourth-order valence-corrected chi connectivity index (χ4v) is 5.01. The summed E-state index contributed by atoms with van der Waals surface area (Å²) in [5.41, 5.74) is 0.417. The highest BCUT2D eigenvalue weighted by Gasteiger charge is 2.29. The number of hydrogen-bond donors (Lipinski definition) is 5. The number of aromatic nitrogens is 2. The number of hydrogen-bond acceptors (Lipinski definition) is 7. The molecule has 0 amide bonds. The molecule has 1 heterocycles. The van der Waals surface area contributed by atoms with E-state index in [0.717, 1.165) is 0 Å². The van der Waals surface area contributed by atoms with Gasteiger partial charge in [-0.2, -0.15) is 0 Å². The number of ether oxygens (including phenoxy) is 1. The fourth-order valence-electron chi connectivity index (χ4n) is 1.91. The van der Waals surface area contributed by atoms with Crippen LogP contribution in [0.2, 0.25) is 0 Å². The van der Waals surface area contributed by atoms with Gasteiger partial charge in [0.25, 0.3) is 0 Å². The second-order valence-electron chi connectivity index (χ2n) is 4.75. The van der Waals surface area contributed by atoms with E-state index in [1.165, 1.54) is 25.6 Å². The van der Waals surface area contributed by atoms with Crippen LogP contribution in [0.25, 0.3) is 10.9 Å². The van der Waals surface area contributed by atoms with Crippen LogP contribution in [0.3, 0.4) is 0 Å². The van der Waals surface area contributed by atoms with Crippen molar-refractivity contribution in [3.8, 4) is 11.5 Å². The number of aromatic hydroxyl groups is 1. The van der Waals surface area contributed by atoms with Crippen LogP contribution in [-0.4, -0.2) is 49.1 Å². The molecule has 126 valence electrons. The predicted molar refractivity (Wildman–Crippen MR) is 83.0 cm³/mol. The Morgan fingerprint density at radius 1 is 1.22 bits per heavy atom. The Hall–Kier alpha value is -1.70. The molecule has 5 N–H and O–H groups in total. The number of phenolic OH excluding ortho intramolecular Hbond substituents is 1. The van der Waals surface area contributed by atoms with E-state index in [2.05, 4.69) is 15.3 Å². The molecule has 0 fully saturated rings. The third-order valence-corrected chi connectivity index (χ3v) is 6.73. The molecule has 2 rings (SSSR count). The summed E-state index contributed by atoms with van der Waals surface area (Å²) in [6.07, 6.45) is 0.615. The maximum Gasteiger partial charge on any atom is 0.335 e. The first-order chi connectivity index (χ1) is 10.6. The normalized spacial score (nSPS) is 14.4. The Balaban J connectivity index is 2.29. The van der Waals surface area contributed by atoms with Crippen LogP contribution in [-0.2, 0) is 9.13 Å². The lowest BCUT2D eigenvalue weighted by Gasteiger charge is -2.15. The van der Waals surface area contributed by atoms with E-state index in [4.69, 9.17) is 14.5 Å². The van der Waals surface area contributed by atoms with E-state index in [9.17, 15) is 19.1 Å². The van der Waals surface area contributed by atoms with Gasteiger partial charge < -0.3 is 29.8 Å². The Kier molecular flexibility index (Phi) is 4.93. The average molecular weight is 363 g/mol. The molecule has 0 spiro atoms. The molecular weight excluding hydrogens is 348 g/mol. The molecule has 0 saturated heterocycles. The highest BCUT2D eigenvalue weighted by molar-refractivity contribution is 7.72. The summed E-state index contributed by atoms with van der Waals surface area (Å²) in [6, 6.07) is 2.79. The Morgan fingerprint density at radius 2 is 1.91 bits per heavy atom. The van der Waals surface area contributed by atoms with Gasteiger partial charge in [-0.3, -0.25) is 9.13 Å². The molecule has 0 aliphatic heterocycles. The third kappa shape index (κ3) is 4.63. The summed E-state index contributed by atoms with van der Waals surface area (Å²) in [5, 5.41) is 12.7. The Morgan fingerprint density at radius 3 is 2.52 bits per heavy atom. The zero-order valence-corrected chi connectivity index (χ0v) is 13.7. The topological polar surface area (TPSA) is 162 Å². The summed E-state index contributed by atoms with van der Waals surface area (Å²) in [6.45, 7) is 0. The molecular formula is C11H15N3O7P2. The van der Waals surface area contributed by atoms with Gasteiger partial charge in [0, 0.05) is 11.5 Å². The molecule has 1 unspecified atom stereocenters. The molecule has 0 radical (unpaired) electrons. The van der Waals surface area contributed by atoms with E-state index >= 15 is 0 Å². The summed E-state index contributed by atoms with van der Waals surface area (Å²) >= 11 is 0. The summed E-state index contributed by atoms with van der Waals surface area (Å²) in [4.78, 5) is 35.1. The molecule has 1 aromatic heterocycles. The van der Waals surface area contributed by atoms with Gasteiger partial charge in [-0.1, -0.05) is 0 Å². The highest BCUT2D eigenvalue weighted by Crippen LogP contribution is 2.54. The van der Waals surface area contributed by atoms with Crippen LogP contribution in [0.15, 0.2) is 18.5 Å². The van der Waals surface area contributed by atoms with Crippen molar-refractivity contribution in [2.45, 2.75) is 0 Å². The largest absolute Gasteiger partial charge is 0.504 e. The molecule has 23 heavy (non-hydrogen) atoms. The SMILES string of the molecule is COc1cc2ncnc(NCP(=O)(O)CP(=O)(O)O)c2cc1O. The predicted octanol–water partition coefficient (Wildman–Crippen LogP) is 1.12. The molecule has 0 saturated carbocycles. The van der Waals surface area contributed by atoms with Crippen LogP contribution in [0, 0.1) is 0 Å². The lowest BCUT2D eigenvalue weighted by Crippen LogP contribution is -2.07. The van der Waals surface area contributed by atoms with Gasteiger partial charge in [0.15, 0.2) is 11.5 Å². The van der Waals surface area contributed by atoms with Crippen LogP contribution >= 0.6 is 15.0 Å². The smallest absolute Gasteiger partial charge is 0.335 e. The third-order valence-electron chi connectivity index (χ3n) is 2.83. The maximum absolute atomic E-state index is 11.8. The van der Waals surface area contributed by atoms with E-state index < -0.39 is 27.2 Å². The molecule has 10 nitrogen and oxygen atoms in total. The standard InChI is InChI=1S/C11H15N3O7P2/c1-21-10-3-8-7(2-9(10)15)11(13-4-12-8)14-5-22(16,17)6-23(18,19)20/h2-4,15H,5-6H2,1H3,(H,16,17)(H,12,13,14)(H2,18,19,20). The van der Waals surface area contributed by atoms with Crippen molar-refractivity contribution in [3.63, 3.8) is 0 Å². The minimum absolute atomic E-state index is 0.146. The number of rotatable bonds is 6. The molecule has 0 aliphatic carbocycles. The fraction of sp³-hybridized carbons (Fsp3) is 0.273. The number of methoxy groups -OCH3 is 1. The van der Waals surface area contributed by atoms with Gasteiger partial charge in [-0.15, -0.1) is 0 Å². The Bertz CT molecular complexity index is 823. The summed E-state index contributed by atoms with van der Waals surface area (Å²) < 4.78 is 27.6. The van der Waals surface area contributed by atoms with E-state index in [1.54, 1.807) is 0 Å². The van der Waals surface area contributed by atoms with Gasteiger partial charge >= 0.3 is 7.60 Å². The number of benzene rings is 1. The molecule has 1 atom stereocenters. The Labute approximate surface area is 130 Å². The molecule has 2 aromatic rings. The number of anilines is 1. The van der Waals surface area contributed by atoms with Gasteiger partial charge in [0.1, 0.15) is 18.0 Å². The average Bonchev–Trinajstić information content (AvgIpc) is 2.42. The molecule has 0 aliphatic rings. The maximum atomic E-state index is 11.8. The number of nitrogens with zero attached hydrogens (tertiary/aromatic N) is 2.